The SMILES string of the molecule is [N-]=[N+]=NCCc1c(O)cccc1Br. The van der Waals surface area contributed by atoms with E-state index in [1.165, 1.54) is 0 Å². The minimum atomic E-state index is 0.225. The van der Waals surface area contributed by atoms with Crippen molar-refractivity contribution in [1.29, 1.82) is 0 Å². The van der Waals surface area contributed by atoms with Gasteiger partial charge >= 0.3 is 0 Å². The minimum absolute atomic E-state index is 0.225. The smallest absolute Gasteiger partial charge is 0.119 e. The molecule has 0 aromatic heterocycles. The van der Waals surface area contributed by atoms with Crippen LogP contribution >= 0.6 is 15.9 Å². The Hall–Kier alpha value is -1.19. The molecule has 0 radical (unpaired) electrons. The highest BCUT2D eigenvalue weighted by Crippen LogP contribution is 2.25. The first-order chi connectivity index (χ1) is 6.25. The maximum absolute atomic E-state index is 9.43. The second kappa shape index (κ2) is 4.74. The summed E-state index contributed by atoms with van der Waals surface area (Å²) in [6, 6.07) is 5.19. The van der Waals surface area contributed by atoms with Gasteiger partial charge in [-0.3, -0.25) is 0 Å². The second-order valence-corrected chi connectivity index (χ2v) is 3.30. The van der Waals surface area contributed by atoms with Gasteiger partial charge in [0.1, 0.15) is 5.75 Å². The van der Waals surface area contributed by atoms with Crippen molar-refractivity contribution >= 4 is 15.9 Å². The van der Waals surface area contributed by atoms with Crippen molar-refractivity contribution in [1.82, 2.24) is 0 Å². The standard InChI is InChI=1S/C8H8BrN3O/c9-7-2-1-3-8(13)6(7)4-5-11-12-10/h1-3,13H,4-5H2. The molecule has 0 aliphatic rings. The van der Waals surface area contributed by atoms with Gasteiger partial charge in [0, 0.05) is 21.5 Å². The summed E-state index contributed by atoms with van der Waals surface area (Å²) in [7, 11) is 0. The zero-order valence-electron chi connectivity index (χ0n) is 6.81. The van der Waals surface area contributed by atoms with Gasteiger partial charge in [-0.05, 0) is 24.1 Å². The van der Waals surface area contributed by atoms with E-state index >= 15 is 0 Å². The van der Waals surface area contributed by atoms with Gasteiger partial charge in [-0.25, -0.2) is 0 Å². The topological polar surface area (TPSA) is 69.0 Å². The number of phenols is 1. The van der Waals surface area contributed by atoms with E-state index in [-0.39, 0.29) is 5.75 Å². The van der Waals surface area contributed by atoms with Crippen molar-refractivity contribution in [2.75, 3.05) is 6.54 Å². The van der Waals surface area contributed by atoms with Crippen LogP contribution in [0.2, 0.25) is 0 Å². The number of hydrogen-bond acceptors (Lipinski definition) is 2. The first-order valence-electron chi connectivity index (χ1n) is 3.73. The van der Waals surface area contributed by atoms with Crippen LogP contribution in [0.3, 0.4) is 0 Å². The lowest BCUT2D eigenvalue weighted by Gasteiger charge is -2.04. The van der Waals surface area contributed by atoms with Crippen LogP contribution in [0.4, 0.5) is 0 Å². The van der Waals surface area contributed by atoms with E-state index in [4.69, 9.17) is 5.53 Å². The lowest BCUT2D eigenvalue weighted by molar-refractivity contribution is 0.467. The molecule has 4 nitrogen and oxygen atoms in total. The fourth-order valence-electron chi connectivity index (χ4n) is 1.00. The molecule has 0 bridgehead atoms. The lowest BCUT2D eigenvalue weighted by Crippen LogP contribution is -1.90. The molecule has 1 N–H and O–H groups in total. The third-order valence-electron chi connectivity index (χ3n) is 1.62. The second-order valence-electron chi connectivity index (χ2n) is 2.44. The Morgan fingerprint density at radius 1 is 1.54 bits per heavy atom. The first-order valence-corrected chi connectivity index (χ1v) is 4.52. The summed E-state index contributed by atoms with van der Waals surface area (Å²) < 4.78 is 0.834. The van der Waals surface area contributed by atoms with Gasteiger partial charge in [0.05, 0.1) is 0 Å². The molecule has 0 heterocycles. The van der Waals surface area contributed by atoms with E-state index in [0.29, 0.717) is 13.0 Å². The largest absolute Gasteiger partial charge is 0.508 e. The fraction of sp³-hybridized carbons (Fsp3) is 0.250. The number of halogens is 1. The van der Waals surface area contributed by atoms with Crippen molar-refractivity contribution in [3.63, 3.8) is 0 Å². The molecule has 1 aromatic carbocycles. The summed E-state index contributed by atoms with van der Waals surface area (Å²) in [6.07, 6.45) is 0.539. The quantitative estimate of drug-likeness (QED) is 0.494. The highest BCUT2D eigenvalue weighted by molar-refractivity contribution is 9.10. The highest BCUT2D eigenvalue weighted by atomic mass is 79.9. The van der Waals surface area contributed by atoms with Crippen molar-refractivity contribution in [2.45, 2.75) is 6.42 Å². The Balaban J connectivity index is 2.80. The number of aromatic hydroxyl groups is 1. The van der Waals surface area contributed by atoms with E-state index in [1.807, 2.05) is 6.07 Å². The van der Waals surface area contributed by atoms with Crippen molar-refractivity contribution < 1.29 is 5.11 Å². The summed E-state index contributed by atoms with van der Waals surface area (Å²) in [5.41, 5.74) is 8.84. The molecule has 68 valence electrons. The monoisotopic (exact) mass is 241 g/mol. The van der Waals surface area contributed by atoms with E-state index in [2.05, 4.69) is 26.0 Å². The Kier molecular flexibility index (Phi) is 3.61. The van der Waals surface area contributed by atoms with Crippen LogP contribution in [-0.4, -0.2) is 11.7 Å². The van der Waals surface area contributed by atoms with Gasteiger partial charge in [0.2, 0.25) is 0 Å². The normalized spacial score (nSPS) is 9.31. The van der Waals surface area contributed by atoms with Crippen LogP contribution in [0.1, 0.15) is 5.56 Å². The van der Waals surface area contributed by atoms with Crippen LogP contribution in [0.15, 0.2) is 27.8 Å². The fourth-order valence-corrected chi connectivity index (χ4v) is 1.56. The summed E-state index contributed by atoms with van der Waals surface area (Å²) in [4.78, 5) is 2.64. The minimum Gasteiger partial charge on any atom is -0.508 e. The Labute approximate surface area is 84.0 Å². The van der Waals surface area contributed by atoms with Gasteiger partial charge in [0.15, 0.2) is 0 Å². The van der Waals surface area contributed by atoms with Crippen molar-refractivity contribution in [3.8, 4) is 5.75 Å². The Bertz CT molecular complexity index is 327. The number of hydrogen-bond donors (Lipinski definition) is 1. The molecule has 0 spiro atoms. The molecule has 1 rings (SSSR count). The van der Waals surface area contributed by atoms with Crippen molar-refractivity contribution in [3.05, 3.63) is 38.7 Å². The van der Waals surface area contributed by atoms with E-state index in [0.717, 1.165) is 10.0 Å². The van der Waals surface area contributed by atoms with Crippen LogP contribution in [0.25, 0.3) is 10.4 Å². The number of phenolic OH excluding ortho intramolecular Hbond substituents is 1. The number of nitrogens with zero attached hydrogens (tertiary/aromatic N) is 3. The predicted molar refractivity (Wildman–Crippen MR) is 53.5 cm³/mol. The molecule has 13 heavy (non-hydrogen) atoms. The highest BCUT2D eigenvalue weighted by Gasteiger charge is 2.03. The molecule has 0 saturated carbocycles. The molecule has 0 unspecified atom stereocenters. The van der Waals surface area contributed by atoms with Gasteiger partial charge < -0.3 is 5.11 Å². The summed E-state index contributed by atoms with van der Waals surface area (Å²) in [6.45, 7) is 0.354. The zero-order valence-corrected chi connectivity index (χ0v) is 8.40. The number of azide groups is 1. The molecule has 0 fully saturated rings. The zero-order chi connectivity index (χ0) is 9.68. The molecule has 0 aliphatic carbocycles. The first kappa shape index (κ1) is 9.89. The molecular formula is C8H8BrN3O. The molecule has 0 amide bonds. The van der Waals surface area contributed by atoms with Gasteiger partial charge in [0.25, 0.3) is 0 Å². The Morgan fingerprint density at radius 3 is 2.92 bits per heavy atom. The average Bonchev–Trinajstić information content (AvgIpc) is 2.10. The van der Waals surface area contributed by atoms with Crippen LogP contribution < -0.4 is 0 Å². The average molecular weight is 242 g/mol. The number of rotatable bonds is 3. The third kappa shape index (κ3) is 2.65. The van der Waals surface area contributed by atoms with E-state index < -0.39 is 0 Å². The lowest BCUT2D eigenvalue weighted by atomic mass is 10.1. The summed E-state index contributed by atoms with van der Waals surface area (Å²) in [5.74, 6) is 0.225. The molecule has 0 saturated heterocycles. The predicted octanol–water partition coefficient (Wildman–Crippen LogP) is 3.01. The van der Waals surface area contributed by atoms with Crippen molar-refractivity contribution in [2.24, 2.45) is 5.11 Å². The molecule has 1 aromatic rings. The third-order valence-corrected chi connectivity index (χ3v) is 2.36. The molecular weight excluding hydrogens is 234 g/mol. The molecule has 0 aliphatic heterocycles. The summed E-state index contributed by atoms with van der Waals surface area (Å²) in [5, 5.41) is 12.8. The van der Waals surface area contributed by atoms with Gasteiger partial charge in [-0.2, -0.15) is 0 Å². The van der Waals surface area contributed by atoms with Crippen LogP contribution in [0.5, 0.6) is 5.75 Å². The molecule has 0 atom stereocenters. The maximum Gasteiger partial charge on any atom is 0.119 e. The summed E-state index contributed by atoms with van der Waals surface area (Å²) >= 11 is 3.30. The van der Waals surface area contributed by atoms with Crippen LogP contribution in [-0.2, 0) is 6.42 Å². The Morgan fingerprint density at radius 2 is 2.31 bits per heavy atom. The van der Waals surface area contributed by atoms with E-state index in [1.54, 1.807) is 12.1 Å². The number of benzene rings is 1. The molecule has 5 heteroatoms. The van der Waals surface area contributed by atoms with E-state index in [9.17, 15) is 5.11 Å². The maximum atomic E-state index is 9.43. The van der Waals surface area contributed by atoms with Crippen LogP contribution in [0, 0.1) is 0 Å². The van der Waals surface area contributed by atoms with Gasteiger partial charge in [-0.1, -0.05) is 27.1 Å². The van der Waals surface area contributed by atoms with Gasteiger partial charge in [-0.15, -0.1) is 0 Å².